The first-order chi connectivity index (χ1) is 61.5. The molecule has 0 spiro atoms. The number of imidazole rings is 2. The summed E-state index contributed by atoms with van der Waals surface area (Å²) >= 11 is 0. The minimum Gasteiger partial charge on any atom is -0.493 e. The first-order valence-electron chi connectivity index (χ1n) is 42.9. The van der Waals surface area contributed by atoms with Crippen LogP contribution in [0.3, 0.4) is 0 Å². The molecule has 10 aromatic rings. The molecule has 36 heteroatoms. The third kappa shape index (κ3) is 23.0. The van der Waals surface area contributed by atoms with Crippen LogP contribution < -0.4 is 56.4 Å². The zero-order chi connectivity index (χ0) is 89.1. The molecular formula is C91H107F4N17O15. The standard InChI is InChI=1S/C91H107F4N17O15/c1-6-30-99-87(117)82(102-84(114)53-121-55-86(116)127-65(5)63(3)110-41-43-112(89(110)119)75-18-14-71(15-19-75)104-34-38-106(39-35-104)73-22-26-77(27-23-73)123-49-67-47-91(125-51-67,57-108-61-97-59-101-108)79-29-11-69(93)45-81(79)95)9-7-8-31-98-83(113)52-120-54-85(115)126-64(4)62(2)109-40-42-111(88(109)118)74-16-12-70(13-17-74)103-32-36-105(37-33-103)72-20-24-76(25-21-72)122-48-66-46-90(124-50-66,56-107-60-96-58-100-107)78-28-10-68(92)44-80(78)94/h10-29,40-45,58-67,82H,6-9,30-39,46-57H2,1-5H3,(H,98,113)(H,99,117)(H,102,114)/t62-,63-,64-,65-,66+,67+,82?,90-,91-/m0/s1. The number of piperazine rings is 2. The number of nitrogens with zero attached hydrogens (tertiary/aromatic N) is 14. The van der Waals surface area contributed by atoms with Gasteiger partial charge in [-0.05, 0) is 175 Å². The van der Waals surface area contributed by atoms with E-state index in [9.17, 15) is 42.3 Å². The number of carbonyl (C=O) groups is 5. The Morgan fingerprint density at radius 2 is 0.890 bits per heavy atom. The van der Waals surface area contributed by atoms with Crippen LogP contribution in [0, 0.1) is 35.1 Å². The van der Waals surface area contributed by atoms with Crippen molar-refractivity contribution in [3.8, 4) is 22.9 Å². The van der Waals surface area contributed by atoms with Crippen molar-refractivity contribution in [1.82, 2.24) is 63.7 Å². The number of halogens is 4. The molecule has 1 unspecified atom stereocenters. The molecule has 6 aromatic carbocycles. The van der Waals surface area contributed by atoms with Crippen LogP contribution in [-0.4, -0.2) is 214 Å². The van der Waals surface area contributed by atoms with E-state index in [1.165, 1.54) is 67.8 Å². The Labute approximate surface area is 731 Å². The molecule has 0 aliphatic carbocycles. The number of unbranched alkanes of at least 4 members (excludes halogenated alkanes) is 1. The van der Waals surface area contributed by atoms with E-state index in [1.807, 2.05) is 104 Å². The Hall–Kier alpha value is -12.7. The van der Waals surface area contributed by atoms with Gasteiger partial charge in [0.1, 0.15) is 116 Å². The van der Waals surface area contributed by atoms with Gasteiger partial charge in [0, 0.05) is 148 Å². The summed E-state index contributed by atoms with van der Waals surface area (Å²) < 4.78 is 114. The van der Waals surface area contributed by atoms with Gasteiger partial charge < -0.3 is 73.4 Å². The average molecular weight is 1750 g/mol. The summed E-state index contributed by atoms with van der Waals surface area (Å²) in [5, 5.41) is 16.6. The second kappa shape index (κ2) is 42.1. The van der Waals surface area contributed by atoms with Crippen molar-refractivity contribution < 1.29 is 79.4 Å². The van der Waals surface area contributed by atoms with Crippen LogP contribution in [0.4, 0.5) is 40.3 Å². The van der Waals surface area contributed by atoms with E-state index in [2.05, 4.69) is 55.7 Å². The summed E-state index contributed by atoms with van der Waals surface area (Å²) in [5.74, 6) is -4.48. The van der Waals surface area contributed by atoms with E-state index in [0.717, 1.165) is 87.2 Å². The van der Waals surface area contributed by atoms with Gasteiger partial charge in [0.25, 0.3) is 0 Å². The smallest absolute Gasteiger partial charge is 0.333 e. The van der Waals surface area contributed by atoms with Crippen molar-refractivity contribution in [3.63, 3.8) is 0 Å². The number of benzene rings is 6. The molecule has 4 aliphatic heterocycles. The molecule has 674 valence electrons. The van der Waals surface area contributed by atoms with Gasteiger partial charge in [-0.25, -0.2) is 56.1 Å². The Bertz CT molecular complexity index is 5440. The molecule has 0 saturated carbocycles. The molecule has 3 amide bonds. The van der Waals surface area contributed by atoms with Gasteiger partial charge in [0.05, 0.1) is 63.0 Å². The van der Waals surface area contributed by atoms with Crippen LogP contribution in [0.25, 0.3) is 11.4 Å². The topological polar surface area (TPSA) is 324 Å². The molecule has 4 aliphatic rings. The molecule has 14 rings (SSSR count). The lowest BCUT2D eigenvalue weighted by atomic mass is 9.87. The molecule has 4 aromatic heterocycles. The average Bonchev–Trinajstić information content (AvgIpc) is 1.65. The molecule has 4 fully saturated rings. The fraction of sp³-hybridized carbons (Fsp3) is 0.440. The fourth-order valence-corrected chi connectivity index (χ4v) is 16.6. The lowest BCUT2D eigenvalue weighted by Crippen LogP contribution is -2.48. The molecule has 8 heterocycles. The van der Waals surface area contributed by atoms with E-state index in [1.54, 1.807) is 61.8 Å². The van der Waals surface area contributed by atoms with Crippen molar-refractivity contribution >= 4 is 52.4 Å². The van der Waals surface area contributed by atoms with Crippen molar-refractivity contribution in [2.24, 2.45) is 11.8 Å². The van der Waals surface area contributed by atoms with E-state index in [-0.39, 0.29) is 60.4 Å². The fourth-order valence-electron chi connectivity index (χ4n) is 16.6. The number of ether oxygens (including phenoxy) is 8. The molecule has 4 saturated heterocycles. The highest BCUT2D eigenvalue weighted by Gasteiger charge is 2.47. The number of carbonyl (C=O) groups excluding carboxylic acids is 5. The Balaban J connectivity index is 0.443. The van der Waals surface area contributed by atoms with Gasteiger partial charge in [-0.3, -0.25) is 32.7 Å². The van der Waals surface area contributed by atoms with Crippen LogP contribution in [0.2, 0.25) is 0 Å². The zero-order valence-electron chi connectivity index (χ0n) is 71.6. The van der Waals surface area contributed by atoms with Crippen LogP contribution in [0.1, 0.15) is 96.4 Å². The highest BCUT2D eigenvalue weighted by atomic mass is 19.1. The van der Waals surface area contributed by atoms with E-state index in [4.69, 9.17) is 37.9 Å². The third-order valence-electron chi connectivity index (χ3n) is 23.8. The maximum Gasteiger partial charge on any atom is 0.333 e. The van der Waals surface area contributed by atoms with Crippen molar-refractivity contribution in [3.05, 3.63) is 239 Å². The van der Waals surface area contributed by atoms with Gasteiger partial charge >= 0.3 is 23.3 Å². The minimum atomic E-state index is -1.07. The van der Waals surface area contributed by atoms with Crippen molar-refractivity contribution in [1.29, 1.82) is 0 Å². The number of hydrogen-bond donors (Lipinski definition) is 3. The Morgan fingerprint density at radius 1 is 0.488 bits per heavy atom. The minimum absolute atomic E-state index is 0.0651. The maximum absolute atomic E-state index is 15.2. The van der Waals surface area contributed by atoms with E-state index >= 15 is 8.78 Å². The molecule has 3 N–H and O–H groups in total. The zero-order valence-corrected chi connectivity index (χ0v) is 71.6. The highest BCUT2D eigenvalue weighted by molar-refractivity contribution is 5.88. The number of nitrogens with one attached hydrogen (secondary N) is 3. The molecule has 0 bridgehead atoms. The lowest BCUT2D eigenvalue weighted by Gasteiger charge is -2.37. The molecule has 9 atom stereocenters. The second-order valence-corrected chi connectivity index (χ2v) is 32.6. The molecule has 32 nitrogen and oxygen atoms in total. The number of anilines is 4. The monoisotopic (exact) mass is 1750 g/mol. The number of hydrogen-bond acceptors (Lipinski definition) is 23. The van der Waals surface area contributed by atoms with Crippen molar-refractivity contribution in [2.75, 3.05) is 138 Å². The SMILES string of the molecule is CCCNC(=O)C(CCCCNC(=O)COCC(=O)O[C@@H](C)[C@H](C)n1ccn(-c2ccc(N3CCN(c4ccc(OC[C@@H]5CO[C@@](Cn6cncn6)(c6ccc(F)cc6F)C5)cc4)CC3)cc2)c1=O)NC(=O)COCC(=O)O[C@@H](C)[C@H](C)n1ccn(-c2ccc(N3CCN(c4ccc(OC[C@@H]5CO[C@@](Cn6cncn6)(c6ccc(F)cc6F)C5)cc4)CC3)cc2)c1=O. The van der Waals surface area contributed by atoms with Crippen LogP contribution >= 0.6 is 0 Å². The maximum atomic E-state index is 15.2. The van der Waals surface area contributed by atoms with E-state index in [0.29, 0.717) is 88.0 Å². The van der Waals surface area contributed by atoms with Crippen LogP contribution in [0.15, 0.2) is 193 Å². The van der Waals surface area contributed by atoms with Gasteiger partial charge in [0.15, 0.2) is 0 Å². The predicted molar refractivity (Wildman–Crippen MR) is 461 cm³/mol. The summed E-state index contributed by atoms with van der Waals surface area (Å²) in [7, 11) is 0. The highest BCUT2D eigenvalue weighted by Crippen LogP contribution is 2.44. The number of amides is 3. The van der Waals surface area contributed by atoms with Gasteiger partial charge in [-0.2, -0.15) is 10.2 Å². The van der Waals surface area contributed by atoms with Crippen LogP contribution in [0.5, 0.6) is 11.5 Å². The summed E-state index contributed by atoms with van der Waals surface area (Å²) in [4.78, 5) is 110. The normalized spacial score (nSPS) is 18.9. The summed E-state index contributed by atoms with van der Waals surface area (Å²) in [5.41, 5.74) is 3.15. The number of esters is 2. The second-order valence-electron chi connectivity index (χ2n) is 32.6. The van der Waals surface area contributed by atoms with Gasteiger partial charge in [-0.15, -0.1) is 0 Å². The molecule has 0 radical (unpaired) electrons. The first kappa shape index (κ1) is 90.6. The quantitative estimate of drug-likeness (QED) is 0.0183. The molecule has 127 heavy (non-hydrogen) atoms. The Kier molecular flexibility index (Phi) is 30.0. The summed E-state index contributed by atoms with van der Waals surface area (Å²) in [6.45, 7) is 15.1. The van der Waals surface area contributed by atoms with Crippen LogP contribution in [-0.2, 0) is 76.7 Å². The first-order valence-corrected chi connectivity index (χ1v) is 42.9. The number of rotatable bonds is 41. The van der Waals surface area contributed by atoms with E-state index < -0.39 is 121 Å². The number of aromatic nitrogens is 10. The summed E-state index contributed by atoms with van der Waals surface area (Å²) in [6, 6.07) is 36.3. The van der Waals surface area contributed by atoms with Crippen molar-refractivity contribution in [2.45, 2.75) is 128 Å². The largest absolute Gasteiger partial charge is 0.493 e. The third-order valence-corrected chi connectivity index (χ3v) is 23.8. The van der Waals surface area contributed by atoms with Gasteiger partial charge in [0.2, 0.25) is 17.7 Å². The molecular weight excluding hydrogens is 1650 g/mol. The predicted octanol–water partition coefficient (Wildman–Crippen LogP) is 9.02. The van der Waals surface area contributed by atoms with Gasteiger partial charge in [-0.1, -0.05) is 19.1 Å². The summed E-state index contributed by atoms with van der Waals surface area (Å²) in [6.07, 6.45) is 13.5. The lowest BCUT2D eigenvalue weighted by molar-refractivity contribution is -0.157. The Morgan fingerprint density at radius 3 is 1.28 bits per heavy atom.